The second-order valence-electron chi connectivity index (χ2n) is 17.3. The summed E-state index contributed by atoms with van der Waals surface area (Å²) in [5, 5.41) is 20.9. The molecule has 75 heavy (non-hydrogen) atoms. The maximum atomic E-state index is 12.9. The highest BCUT2D eigenvalue weighted by molar-refractivity contribution is 7.61. The highest BCUT2D eigenvalue weighted by Crippen LogP contribution is 2.60. The number of aliphatic hydroxyl groups is 2. The number of aliphatic hydroxyl groups excluding tert-OH is 2. The van der Waals surface area contributed by atoms with Crippen LogP contribution in [0.3, 0.4) is 0 Å². The highest BCUT2D eigenvalue weighted by Gasteiger charge is 2.46. The third kappa shape index (κ3) is 33.0. The predicted octanol–water partition coefficient (Wildman–Crippen LogP) is 10.2. The van der Waals surface area contributed by atoms with Gasteiger partial charge >= 0.3 is 33.3 Å². The number of phosphoric acid groups is 2. The number of esters is 2. The number of nitrogens with two attached hydrogens (primary N) is 1. The first kappa shape index (κ1) is 66.2. The maximum Gasteiger partial charge on any atom is 0.481 e. The fourth-order valence-corrected chi connectivity index (χ4v) is 8.89. The minimum absolute atomic E-state index is 0.0444. The third-order valence-corrected chi connectivity index (χ3v) is 13.4. The number of ether oxygens (including phenoxy) is 3. The number of unbranched alkanes of at least 4 members (excludes halogenated alkanes) is 6. The van der Waals surface area contributed by atoms with E-state index in [-0.39, 0.29) is 43.7 Å². The van der Waals surface area contributed by atoms with E-state index in [9.17, 15) is 48.3 Å². The Hall–Kier alpha value is -4.91. The van der Waals surface area contributed by atoms with Gasteiger partial charge in [0.25, 0.3) is 0 Å². The molecule has 2 unspecified atom stereocenters. The molecule has 0 amide bonds. The van der Waals surface area contributed by atoms with Gasteiger partial charge < -0.3 is 39.9 Å². The average Bonchev–Trinajstić information content (AvgIpc) is 3.64. The van der Waals surface area contributed by atoms with Crippen molar-refractivity contribution in [3.8, 4) is 0 Å². The van der Waals surface area contributed by atoms with Gasteiger partial charge in [0.2, 0.25) is 0 Å². The van der Waals surface area contributed by atoms with Crippen molar-refractivity contribution in [2.24, 2.45) is 0 Å². The van der Waals surface area contributed by atoms with Crippen LogP contribution in [0.4, 0.5) is 5.82 Å². The molecule has 2 rings (SSSR count). The van der Waals surface area contributed by atoms with E-state index in [1.165, 1.54) is 50.7 Å². The number of aromatic nitrogens is 2. The molecule has 6 N–H and O–H groups in total. The van der Waals surface area contributed by atoms with E-state index >= 15 is 0 Å². The van der Waals surface area contributed by atoms with Gasteiger partial charge in [-0.3, -0.25) is 28.0 Å². The number of nitrogen functional groups attached to an aromatic ring is 1. The summed E-state index contributed by atoms with van der Waals surface area (Å²) in [5.41, 5.74) is 4.56. The van der Waals surface area contributed by atoms with Crippen LogP contribution < -0.4 is 11.4 Å². The minimum atomic E-state index is -5.50. The molecule has 1 aromatic heterocycles. The van der Waals surface area contributed by atoms with E-state index in [0.717, 1.165) is 49.3 Å². The first-order valence-electron chi connectivity index (χ1n) is 25.9. The average molecular weight is 1090 g/mol. The molecule has 1 aliphatic rings. The Morgan fingerprint density at radius 2 is 1.21 bits per heavy atom. The van der Waals surface area contributed by atoms with Crippen molar-refractivity contribution in [2.75, 3.05) is 25.6 Å². The van der Waals surface area contributed by atoms with Crippen LogP contribution in [0, 0.1) is 0 Å². The van der Waals surface area contributed by atoms with Gasteiger partial charge in [0.15, 0.2) is 18.1 Å². The van der Waals surface area contributed by atoms with Crippen molar-refractivity contribution >= 4 is 39.2 Å². The third-order valence-electron chi connectivity index (χ3n) is 10.8. The standard InChI is InChI=1S/C54H81N3O16P2/c1-3-5-7-9-11-13-15-17-18-19-20-21-22-24-26-28-30-32-34-38-50(60)71-46(42-68-49(59)39-35-37-45(58)36-33-31-29-27-25-23-16-14-12-10-8-6-4-2)43-69-74(64,65)73-75(66,67)70-44-47-51(61)52(62)53(72-47)57-41-40-48(55)56-54(57)63/h11-14,17-18,20-21,23-26,29-33,36,40-41,46-47,51-53,61-62H,3-10,15-16,19,22,27-28,34-35,37-39,42-44H2,1-2H3,(H,64,65)(H,66,67)(H2,55,56,63)/b13-11-,14-12-,18-17-,21-20-,25-23-,26-24-,31-29-,32-30-,36-33+/t46-,47-,51-,52-,53-/m1/s1. The summed E-state index contributed by atoms with van der Waals surface area (Å²) in [4.78, 5) is 74.2. The normalized spacial score (nSPS) is 19.6. The number of carbonyl (C=O) groups excluding carboxylic acids is 3. The minimum Gasteiger partial charge on any atom is -0.462 e. The SMILES string of the molecule is CCCCC/C=C\C/C=C\C/C=C\C=C\C(=O)CCCC(=O)OC[C@H](COP(=O)(O)OP(=O)(O)OC[C@H]1O[C@@H](n2ccc(N)nc2=O)[C@H](O)[C@@H]1O)OC(=O)CC/C=C\C/C=C\C/C=C\C/C=C\C/C=C\CCCCC. The van der Waals surface area contributed by atoms with Crippen LogP contribution >= 0.6 is 15.6 Å². The second-order valence-corrected chi connectivity index (χ2v) is 20.4. The number of nitrogens with zero attached hydrogens (tertiary/aromatic N) is 2. The Labute approximate surface area is 442 Å². The zero-order chi connectivity index (χ0) is 55.0. The van der Waals surface area contributed by atoms with E-state index in [0.29, 0.717) is 12.8 Å². The maximum absolute atomic E-state index is 12.9. The molecule has 7 atom stereocenters. The largest absolute Gasteiger partial charge is 0.481 e. The van der Waals surface area contributed by atoms with Crippen LogP contribution in [0.2, 0.25) is 0 Å². The molecule has 19 nitrogen and oxygen atoms in total. The Morgan fingerprint density at radius 1 is 0.680 bits per heavy atom. The van der Waals surface area contributed by atoms with Crippen molar-refractivity contribution in [3.63, 3.8) is 0 Å². The first-order valence-corrected chi connectivity index (χ1v) is 28.8. The Kier molecular flexibility index (Phi) is 35.6. The van der Waals surface area contributed by atoms with Crippen molar-refractivity contribution in [2.45, 2.75) is 166 Å². The molecule has 1 aromatic rings. The zero-order valence-electron chi connectivity index (χ0n) is 43.5. The molecule has 0 bridgehead atoms. The topological polar surface area (TPSA) is 283 Å². The summed E-state index contributed by atoms with van der Waals surface area (Å²) in [6.45, 7) is 1.78. The number of allylic oxidation sites excluding steroid dienone is 18. The number of phosphoric ester groups is 2. The summed E-state index contributed by atoms with van der Waals surface area (Å²) in [6.07, 6.45) is 43.3. The van der Waals surface area contributed by atoms with Gasteiger partial charge in [-0.1, -0.05) is 143 Å². The molecule has 418 valence electrons. The Morgan fingerprint density at radius 3 is 1.77 bits per heavy atom. The van der Waals surface area contributed by atoms with Crippen LogP contribution in [0.1, 0.15) is 142 Å². The Balaban J connectivity index is 1.89. The number of anilines is 1. The number of carbonyl (C=O) groups is 3. The van der Waals surface area contributed by atoms with E-state index in [2.05, 4.69) is 77.8 Å². The fourth-order valence-electron chi connectivity index (χ4n) is 6.78. The molecular weight excluding hydrogens is 1010 g/mol. The van der Waals surface area contributed by atoms with Gasteiger partial charge in [0, 0.05) is 25.5 Å². The van der Waals surface area contributed by atoms with Crippen LogP contribution in [0.15, 0.2) is 126 Å². The van der Waals surface area contributed by atoms with E-state index < -0.39 is 83.7 Å². The van der Waals surface area contributed by atoms with Gasteiger partial charge in [-0.15, -0.1) is 0 Å². The predicted molar refractivity (Wildman–Crippen MR) is 289 cm³/mol. The van der Waals surface area contributed by atoms with Crippen LogP contribution in [-0.2, 0) is 51.1 Å². The summed E-state index contributed by atoms with van der Waals surface area (Å²) in [5.74, 6) is -1.89. The summed E-state index contributed by atoms with van der Waals surface area (Å²) < 4.78 is 56.4. The lowest BCUT2D eigenvalue weighted by Gasteiger charge is -2.21. The molecule has 1 fully saturated rings. The van der Waals surface area contributed by atoms with Crippen LogP contribution in [0.5, 0.6) is 0 Å². The number of rotatable bonds is 41. The monoisotopic (exact) mass is 1090 g/mol. The van der Waals surface area contributed by atoms with E-state index in [4.69, 9.17) is 29.0 Å². The molecule has 0 aromatic carbocycles. The fraction of sp³-hybridized carbons (Fsp3) is 0.537. The molecule has 0 spiro atoms. The Bertz CT molecular complexity index is 2250. The van der Waals surface area contributed by atoms with Crippen molar-refractivity contribution in [1.29, 1.82) is 0 Å². The van der Waals surface area contributed by atoms with Crippen molar-refractivity contribution in [1.82, 2.24) is 9.55 Å². The van der Waals surface area contributed by atoms with Crippen LogP contribution in [-0.4, -0.2) is 91.5 Å². The zero-order valence-corrected chi connectivity index (χ0v) is 45.3. The lowest BCUT2D eigenvalue weighted by molar-refractivity contribution is -0.161. The molecule has 0 radical (unpaired) electrons. The van der Waals surface area contributed by atoms with E-state index in [1.54, 1.807) is 18.2 Å². The molecule has 1 saturated heterocycles. The van der Waals surface area contributed by atoms with Gasteiger partial charge in [-0.2, -0.15) is 9.29 Å². The number of hydrogen-bond acceptors (Lipinski definition) is 16. The van der Waals surface area contributed by atoms with Gasteiger partial charge in [0.05, 0.1) is 13.2 Å². The lowest BCUT2D eigenvalue weighted by atomic mass is 10.1. The second kappa shape index (κ2) is 40.4. The summed E-state index contributed by atoms with van der Waals surface area (Å²) in [6, 6.07) is 1.23. The molecule has 21 heteroatoms. The van der Waals surface area contributed by atoms with Crippen molar-refractivity contribution in [3.05, 3.63) is 132 Å². The lowest BCUT2D eigenvalue weighted by Crippen LogP contribution is -2.36. The summed E-state index contributed by atoms with van der Waals surface area (Å²) in [7, 11) is -11.0. The molecular formula is C54H81N3O16P2. The highest BCUT2D eigenvalue weighted by atomic mass is 31.3. The summed E-state index contributed by atoms with van der Waals surface area (Å²) >= 11 is 0. The van der Waals surface area contributed by atoms with E-state index in [1.807, 2.05) is 30.4 Å². The number of hydrogen-bond donors (Lipinski definition) is 5. The molecule has 0 saturated carbocycles. The first-order chi connectivity index (χ1) is 36.1. The quantitative estimate of drug-likeness (QED) is 0.0102. The van der Waals surface area contributed by atoms with Crippen molar-refractivity contribution < 1.29 is 71.1 Å². The van der Waals surface area contributed by atoms with Crippen LogP contribution in [0.25, 0.3) is 0 Å². The molecule has 1 aliphatic heterocycles. The number of ketones is 1. The van der Waals surface area contributed by atoms with Gasteiger partial charge in [0.1, 0.15) is 30.7 Å². The smallest absolute Gasteiger partial charge is 0.462 e. The molecule has 2 heterocycles. The molecule has 0 aliphatic carbocycles. The van der Waals surface area contributed by atoms with Gasteiger partial charge in [-0.25, -0.2) is 13.9 Å². The van der Waals surface area contributed by atoms with Gasteiger partial charge in [-0.05, 0) is 89.2 Å².